The minimum Gasteiger partial charge on any atom is -0.408 e. The lowest BCUT2D eigenvalue weighted by Crippen LogP contribution is -2.52. The van der Waals surface area contributed by atoms with Crippen LogP contribution in [0.15, 0.2) is 62.3 Å². The van der Waals surface area contributed by atoms with Gasteiger partial charge in [-0.25, -0.2) is 14.2 Å². The summed E-state index contributed by atoms with van der Waals surface area (Å²) >= 11 is 0. The molecule has 3 heterocycles. The molecule has 0 saturated heterocycles. The third kappa shape index (κ3) is 2.74. The number of hydrogen-bond acceptors (Lipinski definition) is 7. The predicted octanol–water partition coefficient (Wildman–Crippen LogP) is 1.74. The molecule has 0 saturated carbocycles. The zero-order valence-corrected chi connectivity index (χ0v) is 13.7. The number of pyridine rings is 1. The van der Waals surface area contributed by atoms with Crippen LogP contribution < -0.4 is 22.1 Å². The van der Waals surface area contributed by atoms with Gasteiger partial charge in [0, 0.05) is 23.7 Å². The second kappa shape index (κ2) is 5.81. The van der Waals surface area contributed by atoms with Crippen LogP contribution in [0.2, 0.25) is 0 Å². The Morgan fingerprint density at radius 3 is 3.00 bits per heavy atom. The predicted molar refractivity (Wildman–Crippen MR) is 94.8 cm³/mol. The van der Waals surface area contributed by atoms with Crippen LogP contribution >= 0.6 is 0 Å². The van der Waals surface area contributed by atoms with Crippen molar-refractivity contribution in [2.75, 3.05) is 5.32 Å². The molecule has 4 rings (SSSR count). The molecule has 26 heavy (non-hydrogen) atoms. The molecular formula is C17H15FN6O2. The summed E-state index contributed by atoms with van der Waals surface area (Å²) in [5.74, 6) is -1.99. The fourth-order valence-corrected chi connectivity index (χ4v) is 2.71. The fourth-order valence-electron chi connectivity index (χ4n) is 2.71. The molecule has 0 amide bonds. The lowest BCUT2D eigenvalue weighted by molar-refractivity contribution is 0.376. The SMILES string of the molecule is CC1=C(Nc2ccc3oc(=O)[nH]c3c2)NC(N)(c2ccncc2F)N=C1. The lowest BCUT2D eigenvalue weighted by Gasteiger charge is -2.33. The molecule has 2 aromatic heterocycles. The van der Waals surface area contributed by atoms with Crippen molar-refractivity contribution in [1.29, 1.82) is 0 Å². The number of aliphatic imine (C=N–C) groups is 1. The largest absolute Gasteiger partial charge is 0.417 e. The molecule has 0 spiro atoms. The number of rotatable bonds is 3. The summed E-state index contributed by atoms with van der Waals surface area (Å²) in [6.45, 7) is 1.83. The van der Waals surface area contributed by atoms with Crippen LogP contribution in [0.25, 0.3) is 11.1 Å². The van der Waals surface area contributed by atoms with Gasteiger partial charge in [-0.1, -0.05) is 0 Å². The number of aromatic amines is 1. The molecule has 0 aliphatic carbocycles. The summed E-state index contributed by atoms with van der Waals surface area (Å²) in [6.07, 6.45) is 4.10. The highest BCUT2D eigenvalue weighted by molar-refractivity contribution is 5.82. The van der Waals surface area contributed by atoms with Crippen LogP contribution in [-0.2, 0) is 5.79 Å². The number of benzene rings is 1. The first-order valence-electron chi connectivity index (χ1n) is 7.78. The Morgan fingerprint density at radius 2 is 2.19 bits per heavy atom. The minimum atomic E-state index is -1.47. The van der Waals surface area contributed by atoms with Gasteiger partial charge in [0.1, 0.15) is 11.6 Å². The molecule has 0 bridgehead atoms. The van der Waals surface area contributed by atoms with Gasteiger partial charge in [-0.3, -0.25) is 15.7 Å². The summed E-state index contributed by atoms with van der Waals surface area (Å²) in [5.41, 5.74) is 8.92. The van der Waals surface area contributed by atoms with Crippen LogP contribution in [0.3, 0.4) is 0 Å². The number of H-pyrrole nitrogens is 1. The molecule has 1 aliphatic heterocycles. The van der Waals surface area contributed by atoms with Gasteiger partial charge in [0.25, 0.3) is 0 Å². The van der Waals surface area contributed by atoms with E-state index in [1.807, 2.05) is 6.92 Å². The van der Waals surface area contributed by atoms with Gasteiger partial charge in [0.15, 0.2) is 5.58 Å². The molecule has 0 radical (unpaired) electrons. The van der Waals surface area contributed by atoms with E-state index in [-0.39, 0.29) is 5.56 Å². The van der Waals surface area contributed by atoms with Crippen LogP contribution in [0, 0.1) is 5.82 Å². The monoisotopic (exact) mass is 354 g/mol. The molecule has 1 atom stereocenters. The first kappa shape index (κ1) is 16.0. The van der Waals surface area contributed by atoms with Gasteiger partial charge < -0.3 is 15.1 Å². The highest BCUT2D eigenvalue weighted by Gasteiger charge is 2.32. The summed E-state index contributed by atoms with van der Waals surface area (Å²) < 4.78 is 19.1. The van der Waals surface area contributed by atoms with Crippen molar-refractivity contribution in [3.05, 3.63) is 70.0 Å². The Bertz CT molecular complexity index is 1120. The van der Waals surface area contributed by atoms with Gasteiger partial charge in [0.05, 0.1) is 17.3 Å². The number of nitrogens with two attached hydrogens (primary N) is 1. The molecule has 0 fully saturated rings. The third-order valence-corrected chi connectivity index (χ3v) is 4.04. The van der Waals surface area contributed by atoms with Crippen molar-refractivity contribution in [1.82, 2.24) is 15.3 Å². The number of anilines is 1. The standard InChI is InChI=1S/C17H15FN6O2/c1-9-7-21-17(19,11-4-5-20-8-12(11)18)24-15(9)22-10-2-3-14-13(6-10)23-16(25)26-14/h2-8,22,24H,19H2,1H3,(H,23,25). The molecule has 9 heteroatoms. The van der Waals surface area contributed by atoms with Crippen molar-refractivity contribution in [2.24, 2.45) is 10.7 Å². The number of hydrogen-bond donors (Lipinski definition) is 4. The van der Waals surface area contributed by atoms with Gasteiger partial charge in [-0.2, -0.15) is 0 Å². The van der Waals surface area contributed by atoms with Crippen LogP contribution in [0.4, 0.5) is 10.1 Å². The number of halogens is 1. The number of aromatic nitrogens is 2. The van der Waals surface area contributed by atoms with Gasteiger partial charge in [0.2, 0.25) is 5.79 Å². The van der Waals surface area contributed by atoms with Gasteiger partial charge in [-0.05, 0) is 31.2 Å². The van der Waals surface area contributed by atoms with E-state index in [1.165, 1.54) is 12.3 Å². The maximum absolute atomic E-state index is 14.1. The summed E-state index contributed by atoms with van der Waals surface area (Å²) in [6, 6.07) is 6.61. The second-order valence-corrected chi connectivity index (χ2v) is 5.91. The van der Waals surface area contributed by atoms with Crippen molar-refractivity contribution in [3.8, 4) is 0 Å². The molecule has 1 unspecified atom stereocenters. The maximum atomic E-state index is 14.1. The third-order valence-electron chi connectivity index (χ3n) is 4.04. The van der Waals surface area contributed by atoms with E-state index in [2.05, 4.69) is 25.6 Å². The number of nitrogens with zero attached hydrogens (tertiary/aromatic N) is 2. The average molecular weight is 354 g/mol. The van der Waals surface area contributed by atoms with E-state index in [1.54, 1.807) is 24.4 Å². The first-order valence-corrected chi connectivity index (χ1v) is 7.78. The van der Waals surface area contributed by atoms with E-state index >= 15 is 0 Å². The van der Waals surface area contributed by atoms with Crippen LogP contribution in [0.1, 0.15) is 12.5 Å². The molecule has 8 nitrogen and oxygen atoms in total. The van der Waals surface area contributed by atoms with Crippen molar-refractivity contribution in [3.63, 3.8) is 0 Å². The van der Waals surface area contributed by atoms with E-state index in [0.717, 1.165) is 11.8 Å². The van der Waals surface area contributed by atoms with Crippen LogP contribution in [-0.4, -0.2) is 16.2 Å². The maximum Gasteiger partial charge on any atom is 0.417 e. The quantitative estimate of drug-likeness (QED) is 0.568. The molecule has 5 N–H and O–H groups in total. The highest BCUT2D eigenvalue weighted by atomic mass is 19.1. The van der Waals surface area contributed by atoms with Gasteiger partial charge in [-0.15, -0.1) is 0 Å². The lowest BCUT2D eigenvalue weighted by atomic mass is 10.1. The molecule has 132 valence electrons. The topological polar surface area (TPSA) is 121 Å². The first-order chi connectivity index (χ1) is 12.4. The van der Waals surface area contributed by atoms with E-state index in [4.69, 9.17) is 10.2 Å². The number of oxazole rings is 1. The van der Waals surface area contributed by atoms with E-state index < -0.39 is 17.4 Å². The zero-order chi connectivity index (χ0) is 18.3. The van der Waals surface area contributed by atoms with E-state index in [9.17, 15) is 9.18 Å². The molecule has 1 aliphatic rings. The number of nitrogens with one attached hydrogen (secondary N) is 3. The smallest absolute Gasteiger partial charge is 0.408 e. The summed E-state index contributed by atoms with van der Waals surface area (Å²) in [4.78, 5) is 21.8. The van der Waals surface area contributed by atoms with Gasteiger partial charge >= 0.3 is 5.76 Å². The Balaban J connectivity index is 1.66. The van der Waals surface area contributed by atoms with Crippen LogP contribution in [0.5, 0.6) is 0 Å². The van der Waals surface area contributed by atoms with Crippen molar-refractivity contribution >= 4 is 23.0 Å². The average Bonchev–Trinajstić information content (AvgIpc) is 2.98. The molecular weight excluding hydrogens is 339 g/mol. The van der Waals surface area contributed by atoms with E-state index in [0.29, 0.717) is 22.6 Å². The Hall–Kier alpha value is -3.46. The number of allylic oxidation sites excluding steroid dienone is 1. The Labute approximate surface area is 146 Å². The molecule has 3 aromatic rings. The minimum absolute atomic E-state index is 0.171. The van der Waals surface area contributed by atoms with Crippen molar-refractivity contribution in [2.45, 2.75) is 12.7 Å². The Morgan fingerprint density at radius 1 is 1.35 bits per heavy atom. The zero-order valence-electron chi connectivity index (χ0n) is 13.7. The number of fused-ring (bicyclic) bond motifs is 1. The normalized spacial score (nSPS) is 19.7. The summed E-state index contributed by atoms with van der Waals surface area (Å²) in [5, 5.41) is 6.20. The van der Waals surface area contributed by atoms with Crippen molar-refractivity contribution < 1.29 is 8.81 Å². The Kier molecular flexibility index (Phi) is 3.58. The summed E-state index contributed by atoms with van der Waals surface area (Å²) in [7, 11) is 0. The highest BCUT2D eigenvalue weighted by Crippen LogP contribution is 2.26. The second-order valence-electron chi connectivity index (χ2n) is 5.91. The molecule has 1 aromatic carbocycles. The fraction of sp³-hybridized carbons (Fsp3) is 0.118.